The van der Waals surface area contributed by atoms with Crippen LogP contribution in [0, 0.1) is 5.82 Å². The van der Waals surface area contributed by atoms with Crippen LogP contribution in [0.15, 0.2) is 46.1 Å². The standard InChI is InChI=1S/C27H31ClFN5O3S/c28-17-3-1-16(2-4-17)13-23(30)25(35)32-19-5-7-20(8-6-19)34-26(36)22-14-18(29)15-31-24(22)33(27(34)37)21-9-11-38-12-10-21/h1-4,14-15,19-21,23H,5-13,30H2,(H,32,35)/t19?,20?,23-/m0/s1. The number of carbonyl (C=O) groups excluding carboxylic acids is 1. The Hall–Kier alpha value is -2.69. The lowest BCUT2D eigenvalue weighted by Crippen LogP contribution is -2.49. The SMILES string of the molecule is N[C@@H](Cc1ccc(Cl)cc1)C(=O)NC1CCC(n2c(=O)c3cc(F)cnc3n(C3CCSCC3)c2=O)CC1. The summed E-state index contributed by atoms with van der Waals surface area (Å²) >= 11 is 7.76. The van der Waals surface area contributed by atoms with Crippen LogP contribution in [0.5, 0.6) is 0 Å². The number of amides is 1. The molecule has 1 amide bonds. The van der Waals surface area contributed by atoms with Crippen molar-refractivity contribution in [1.29, 1.82) is 0 Å². The number of pyridine rings is 1. The number of hydrogen-bond donors (Lipinski definition) is 2. The molecule has 1 saturated heterocycles. The maximum absolute atomic E-state index is 14.1. The van der Waals surface area contributed by atoms with Crippen molar-refractivity contribution in [2.75, 3.05) is 11.5 Å². The molecule has 3 aromatic rings. The van der Waals surface area contributed by atoms with E-state index in [9.17, 15) is 18.8 Å². The average molecular weight is 560 g/mol. The molecule has 38 heavy (non-hydrogen) atoms. The Balaban J connectivity index is 1.32. The summed E-state index contributed by atoms with van der Waals surface area (Å²) in [5.41, 5.74) is 6.44. The molecule has 3 heterocycles. The second-order valence-corrected chi connectivity index (χ2v) is 11.8. The minimum Gasteiger partial charge on any atom is -0.352 e. The van der Waals surface area contributed by atoms with Crippen molar-refractivity contribution in [2.45, 2.75) is 69.1 Å². The van der Waals surface area contributed by atoms with E-state index < -0.39 is 17.4 Å². The van der Waals surface area contributed by atoms with E-state index in [-0.39, 0.29) is 40.8 Å². The van der Waals surface area contributed by atoms with Crippen molar-refractivity contribution >= 4 is 40.3 Å². The van der Waals surface area contributed by atoms with Gasteiger partial charge in [-0.2, -0.15) is 11.8 Å². The zero-order valence-electron chi connectivity index (χ0n) is 20.9. The van der Waals surface area contributed by atoms with E-state index in [4.69, 9.17) is 17.3 Å². The van der Waals surface area contributed by atoms with E-state index in [1.54, 1.807) is 16.7 Å². The van der Waals surface area contributed by atoms with E-state index in [1.165, 1.54) is 10.6 Å². The van der Waals surface area contributed by atoms with Gasteiger partial charge in [0.2, 0.25) is 5.91 Å². The number of fused-ring (bicyclic) bond motifs is 1. The fourth-order valence-corrected chi connectivity index (χ4v) is 6.76. The Morgan fingerprint density at radius 1 is 1.08 bits per heavy atom. The van der Waals surface area contributed by atoms with Gasteiger partial charge in [0, 0.05) is 23.1 Å². The van der Waals surface area contributed by atoms with Crippen LogP contribution in [0.25, 0.3) is 11.0 Å². The van der Waals surface area contributed by atoms with Crippen LogP contribution < -0.4 is 22.3 Å². The zero-order chi connectivity index (χ0) is 26.8. The Labute approximate surface area is 228 Å². The predicted molar refractivity (Wildman–Crippen MR) is 148 cm³/mol. The lowest BCUT2D eigenvalue weighted by atomic mass is 9.90. The van der Waals surface area contributed by atoms with Gasteiger partial charge in [0.25, 0.3) is 5.56 Å². The molecule has 0 radical (unpaired) electrons. The lowest BCUT2D eigenvalue weighted by Gasteiger charge is -2.32. The summed E-state index contributed by atoms with van der Waals surface area (Å²) in [4.78, 5) is 44.0. The van der Waals surface area contributed by atoms with Crippen molar-refractivity contribution in [3.8, 4) is 0 Å². The summed E-state index contributed by atoms with van der Waals surface area (Å²) in [7, 11) is 0. The van der Waals surface area contributed by atoms with E-state index >= 15 is 0 Å². The highest BCUT2D eigenvalue weighted by Gasteiger charge is 2.30. The first-order chi connectivity index (χ1) is 18.3. The van der Waals surface area contributed by atoms with E-state index in [1.807, 2.05) is 23.9 Å². The summed E-state index contributed by atoms with van der Waals surface area (Å²) in [6, 6.07) is 7.22. The molecular weight excluding hydrogens is 529 g/mol. The molecule has 8 nitrogen and oxygen atoms in total. The van der Waals surface area contributed by atoms with Crippen LogP contribution >= 0.6 is 23.4 Å². The number of halogens is 2. The highest BCUT2D eigenvalue weighted by molar-refractivity contribution is 7.99. The van der Waals surface area contributed by atoms with Gasteiger partial charge < -0.3 is 11.1 Å². The number of carbonyl (C=O) groups is 1. The molecule has 0 bridgehead atoms. The minimum absolute atomic E-state index is 0.0752. The molecule has 2 aliphatic rings. The van der Waals surface area contributed by atoms with Gasteiger partial charge in [-0.3, -0.25) is 18.7 Å². The van der Waals surface area contributed by atoms with E-state index in [2.05, 4.69) is 10.3 Å². The van der Waals surface area contributed by atoms with Gasteiger partial charge in [-0.25, -0.2) is 14.2 Å². The fourth-order valence-electron chi connectivity index (χ4n) is 5.55. The highest BCUT2D eigenvalue weighted by Crippen LogP contribution is 2.30. The Morgan fingerprint density at radius 2 is 1.74 bits per heavy atom. The molecule has 1 atom stereocenters. The van der Waals surface area contributed by atoms with Gasteiger partial charge in [-0.05, 0) is 80.2 Å². The van der Waals surface area contributed by atoms with Crippen LogP contribution in [0.1, 0.15) is 56.2 Å². The van der Waals surface area contributed by atoms with Crippen LogP contribution in [-0.4, -0.2) is 43.6 Å². The smallest absolute Gasteiger partial charge is 0.333 e. The lowest BCUT2D eigenvalue weighted by molar-refractivity contribution is -0.123. The first kappa shape index (κ1) is 26.9. The van der Waals surface area contributed by atoms with Crippen molar-refractivity contribution in [1.82, 2.24) is 19.4 Å². The molecule has 1 aromatic carbocycles. The molecular formula is C27H31ClFN5O3S. The monoisotopic (exact) mass is 559 g/mol. The van der Waals surface area contributed by atoms with Crippen molar-refractivity contribution in [2.24, 2.45) is 5.73 Å². The summed E-state index contributed by atoms with van der Waals surface area (Å²) in [6.07, 6.45) is 5.35. The molecule has 2 aromatic heterocycles. The summed E-state index contributed by atoms with van der Waals surface area (Å²) in [6.45, 7) is 0. The highest BCUT2D eigenvalue weighted by atomic mass is 35.5. The maximum atomic E-state index is 14.1. The van der Waals surface area contributed by atoms with E-state index in [0.29, 0.717) is 37.1 Å². The summed E-state index contributed by atoms with van der Waals surface area (Å²) < 4.78 is 17.0. The third-order valence-corrected chi connectivity index (χ3v) is 8.89. The van der Waals surface area contributed by atoms with Crippen LogP contribution in [0.3, 0.4) is 0 Å². The van der Waals surface area contributed by atoms with Gasteiger partial charge >= 0.3 is 5.69 Å². The van der Waals surface area contributed by atoms with Gasteiger partial charge in [0.1, 0.15) is 11.5 Å². The summed E-state index contributed by atoms with van der Waals surface area (Å²) in [5, 5.41) is 3.78. The average Bonchev–Trinajstić information content (AvgIpc) is 2.92. The van der Waals surface area contributed by atoms with Crippen molar-refractivity contribution in [3.63, 3.8) is 0 Å². The molecule has 5 rings (SSSR count). The maximum Gasteiger partial charge on any atom is 0.333 e. The molecule has 0 unspecified atom stereocenters. The van der Waals surface area contributed by atoms with Crippen LogP contribution in [-0.2, 0) is 11.2 Å². The quantitative estimate of drug-likeness (QED) is 0.477. The van der Waals surface area contributed by atoms with Gasteiger partial charge in [0.15, 0.2) is 0 Å². The number of thioether (sulfide) groups is 1. The third-order valence-electron chi connectivity index (χ3n) is 7.59. The molecule has 1 aliphatic carbocycles. The Bertz CT molecular complexity index is 1430. The molecule has 11 heteroatoms. The molecule has 3 N–H and O–H groups in total. The predicted octanol–water partition coefficient (Wildman–Crippen LogP) is 3.59. The van der Waals surface area contributed by atoms with Crippen LogP contribution in [0.2, 0.25) is 5.02 Å². The number of hydrogen-bond acceptors (Lipinski definition) is 6. The number of aromatic nitrogens is 3. The van der Waals surface area contributed by atoms with Gasteiger partial charge in [-0.15, -0.1) is 0 Å². The van der Waals surface area contributed by atoms with Crippen LogP contribution in [0.4, 0.5) is 4.39 Å². The van der Waals surface area contributed by atoms with Gasteiger partial charge in [0.05, 0.1) is 17.6 Å². The normalized spacial score (nSPS) is 21.3. The fraction of sp³-hybridized carbons (Fsp3) is 0.481. The molecule has 1 saturated carbocycles. The molecule has 1 aliphatic heterocycles. The number of benzene rings is 1. The van der Waals surface area contributed by atoms with Crippen molar-refractivity contribution < 1.29 is 9.18 Å². The minimum atomic E-state index is -0.694. The summed E-state index contributed by atoms with van der Waals surface area (Å²) in [5.74, 6) is 1.01. The molecule has 0 spiro atoms. The number of nitrogens with zero attached hydrogens (tertiary/aromatic N) is 3. The number of nitrogens with one attached hydrogen (secondary N) is 1. The second-order valence-electron chi connectivity index (χ2n) is 10.1. The zero-order valence-corrected chi connectivity index (χ0v) is 22.5. The first-order valence-corrected chi connectivity index (χ1v) is 14.6. The van der Waals surface area contributed by atoms with Crippen molar-refractivity contribution in [3.05, 3.63) is 73.8 Å². The number of rotatable bonds is 6. The largest absolute Gasteiger partial charge is 0.352 e. The molecule has 2 fully saturated rings. The number of nitrogens with two attached hydrogens (primary N) is 1. The topological polar surface area (TPSA) is 112 Å². The second kappa shape index (κ2) is 11.6. The Kier molecular flexibility index (Phi) is 8.20. The van der Waals surface area contributed by atoms with Gasteiger partial charge in [-0.1, -0.05) is 23.7 Å². The third kappa shape index (κ3) is 5.67. The molecule has 202 valence electrons. The Morgan fingerprint density at radius 3 is 2.42 bits per heavy atom. The first-order valence-electron chi connectivity index (χ1n) is 13.0. The van der Waals surface area contributed by atoms with E-state index in [0.717, 1.165) is 36.1 Å².